The van der Waals surface area contributed by atoms with Crippen LogP contribution in [0.5, 0.6) is 23.0 Å². The summed E-state index contributed by atoms with van der Waals surface area (Å²) in [5.41, 5.74) is 2.57. The third-order valence-electron chi connectivity index (χ3n) is 4.65. The molecule has 0 saturated carbocycles. The monoisotopic (exact) mass is 422 g/mol. The van der Waals surface area contributed by atoms with Gasteiger partial charge in [0.25, 0.3) is 0 Å². The molecule has 162 valence electrons. The Morgan fingerprint density at radius 3 is 2.32 bits per heavy atom. The molecule has 0 radical (unpaired) electrons. The maximum atomic E-state index is 12.5. The number of aromatic nitrogens is 1. The number of benzene rings is 2. The molecule has 7 heteroatoms. The Hall–Kier alpha value is -3.74. The van der Waals surface area contributed by atoms with E-state index < -0.39 is 0 Å². The van der Waals surface area contributed by atoms with E-state index in [2.05, 4.69) is 10.3 Å². The number of rotatable bonds is 10. The number of ether oxygens (including phenoxy) is 4. The summed E-state index contributed by atoms with van der Waals surface area (Å²) in [6.45, 7) is 0.348. The molecule has 0 atom stereocenters. The summed E-state index contributed by atoms with van der Waals surface area (Å²) < 4.78 is 21.8. The molecule has 31 heavy (non-hydrogen) atoms. The number of hydrogen-bond donors (Lipinski definition) is 1. The van der Waals surface area contributed by atoms with Gasteiger partial charge in [0.05, 0.1) is 21.3 Å². The highest BCUT2D eigenvalue weighted by atomic mass is 16.5. The number of hydrogen-bond acceptors (Lipinski definition) is 6. The van der Waals surface area contributed by atoms with Gasteiger partial charge < -0.3 is 24.3 Å². The van der Waals surface area contributed by atoms with Crippen LogP contribution >= 0.6 is 0 Å². The first-order chi connectivity index (χ1) is 15.1. The summed E-state index contributed by atoms with van der Waals surface area (Å²) in [6, 6.07) is 14.7. The minimum atomic E-state index is -0.0989. The number of nitrogens with zero attached hydrogens (tertiary/aromatic N) is 1. The number of anilines is 1. The minimum Gasteiger partial charge on any atom is -0.493 e. The van der Waals surface area contributed by atoms with E-state index in [1.165, 1.54) is 0 Å². The highest BCUT2D eigenvalue weighted by Crippen LogP contribution is 2.31. The lowest BCUT2D eigenvalue weighted by molar-refractivity contribution is -0.116. The lowest BCUT2D eigenvalue weighted by atomic mass is 10.1. The molecule has 0 aliphatic rings. The summed E-state index contributed by atoms with van der Waals surface area (Å²) in [5, 5.41) is 2.91. The molecule has 0 fully saturated rings. The molecule has 0 aliphatic carbocycles. The van der Waals surface area contributed by atoms with Crippen LogP contribution in [0.1, 0.15) is 17.5 Å². The molecule has 3 rings (SSSR count). The molecule has 0 saturated heterocycles. The normalized spacial score (nSPS) is 10.3. The molecular formula is C24H26N2O5. The van der Waals surface area contributed by atoms with Crippen LogP contribution in [0.2, 0.25) is 0 Å². The fourth-order valence-corrected chi connectivity index (χ4v) is 3.03. The highest BCUT2D eigenvalue weighted by Gasteiger charge is 2.10. The molecule has 0 bridgehead atoms. The standard InChI is InChI=1S/C24H26N2O5/c1-28-20-9-6-17(13-22(20)30-3)7-11-24(27)26-19-8-10-21(29-2)23(14-19)31-16-18-5-4-12-25-15-18/h4-6,8-10,12-15H,7,11,16H2,1-3H3,(H,26,27). The van der Waals surface area contributed by atoms with Gasteiger partial charge in [-0.15, -0.1) is 0 Å². The largest absolute Gasteiger partial charge is 0.493 e. The minimum absolute atomic E-state index is 0.0989. The number of aryl methyl sites for hydroxylation is 1. The van der Waals surface area contributed by atoms with Crippen molar-refractivity contribution < 1.29 is 23.7 Å². The van der Waals surface area contributed by atoms with E-state index in [1.54, 1.807) is 51.9 Å². The van der Waals surface area contributed by atoms with Gasteiger partial charge in [-0.2, -0.15) is 0 Å². The lowest BCUT2D eigenvalue weighted by Crippen LogP contribution is -2.12. The van der Waals surface area contributed by atoms with Crippen LogP contribution in [-0.4, -0.2) is 32.2 Å². The van der Waals surface area contributed by atoms with E-state index in [0.717, 1.165) is 11.1 Å². The van der Waals surface area contributed by atoms with Crippen molar-refractivity contribution in [1.82, 2.24) is 4.98 Å². The molecule has 1 N–H and O–H groups in total. The van der Waals surface area contributed by atoms with Crippen molar-refractivity contribution in [3.8, 4) is 23.0 Å². The van der Waals surface area contributed by atoms with E-state index in [-0.39, 0.29) is 5.91 Å². The van der Waals surface area contributed by atoms with Gasteiger partial charge >= 0.3 is 0 Å². The Balaban J connectivity index is 1.60. The van der Waals surface area contributed by atoms with Crippen molar-refractivity contribution in [2.24, 2.45) is 0 Å². The average Bonchev–Trinajstić information content (AvgIpc) is 2.82. The zero-order valence-electron chi connectivity index (χ0n) is 17.9. The van der Waals surface area contributed by atoms with Gasteiger partial charge in [-0.1, -0.05) is 12.1 Å². The maximum Gasteiger partial charge on any atom is 0.224 e. The van der Waals surface area contributed by atoms with Gasteiger partial charge in [0, 0.05) is 36.1 Å². The van der Waals surface area contributed by atoms with Crippen LogP contribution in [0.4, 0.5) is 5.69 Å². The zero-order chi connectivity index (χ0) is 22.1. The maximum absolute atomic E-state index is 12.5. The van der Waals surface area contributed by atoms with Crippen molar-refractivity contribution >= 4 is 11.6 Å². The van der Waals surface area contributed by atoms with Crippen LogP contribution in [0.25, 0.3) is 0 Å². The van der Waals surface area contributed by atoms with E-state index >= 15 is 0 Å². The number of nitrogens with one attached hydrogen (secondary N) is 1. The summed E-state index contributed by atoms with van der Waals surface area (Å²) in [6.07, 6.45) is 4.36. The van der Waals surface area contributed by atoms with Crippen LogP contribution in [0.3, 0.4) is 0 Å². The van der Waals surface area contributed by atoms with Gasteiger partial charge in [0.15, 0.2) is 23.0 Å². The summed E-state index contributed by atoms with van der Waals surface area (Å²) >= 11 is 0. The first kappa shape index (κ1) is 22.0. The van der Waals surface area contributed by atoms with Crippen molar-refractivity contribution in [3.05, 3.63) is 72.1 Å². The Bertz CT molecular complexity index is 1010. The quantitative estimate of drug-likeness (QED) is 0.526. The van der Waals surface area contributed by atoms with Gasteiger partial charge in [0.2, 0.25) is 5.91 Å². The van der Waals surface area contributed by atoms with E-state index in [9.17, 15) is 4.79 Å². The predicted octanol–water partition coefficient (Wildman–Crippen LogP) is 4.26. The predicted molar refractivity (Wildman–Crippen MR) is 118 cm³/mol. The summed E-state index contributed by atoms with van der Waals surface area (Å²) in [4.78, 5) is 16.5. The third-order valence-corrected chi connectivity index (χ3v) is 4.65. The van der Waals surface area contributed by atoms with Crippen molar-refractivity contribution in [3.63, 3.8) is 0 Å². The van der Waals surface area contributed by atoms with E-state index in [1.807, 2.05) is 30.3 Å². The van der Waals surface area contributed by atoms with Gasteiger partial charge in [-0.05, 0) is 42.3 Å². The number of carbonyl (C=O) groups excluding carboxylic acids is 1. The molecule has 0 spiro atoms. The fraction of sp³-hybridized carbons (Fsp3) is 0.250. The SMILES string of the molecule is COc1ccc(CCC(=O)Nc2ccc(OC)c(OCc3cccnc3)c2)cc1OC. The first-order valence-electron chi connectivity index (χ1n) is 9.83. The molecule has 2 aromatic carbocycles. The Kier molecular flexibility index (Phi) is 7.70. The summed E-state index contributed by atoms with van der Waals surface area (Å²) in [7, 11) is 4.76. The average molecular weight is 422 g/mol. The van der Waals surface area contributed by atoms with Crippen LogP contribution in [-0.2, 0) is 17.8 Å². The van der Waals surface area contributed by atoms with Crippen molar-refractivity contribution in [2.45, 2.75) is 19.4 Å². The van der Waals surface area contributed by atoms with Crippen LogP contribution in [0, 0.1) is 0 Å². The molecule has 0 aliphatic heterocycles. The number of amides is 1. The molecule has 1 heterocycles. The molecule has 3 aromatic rings. The molecular weight excluding hydrogens is 396 g/mol. The third kappa shape index (κ3) is 6.12. The van der Waals surface area contributed by atoms with Crippen LogP contribution < -0.4 is 24.3 Å². The van der Waals surface area contributed by atoms with Gasteiger partial charge in [0.1, 0.15) is 6.61 Å². The molecule has 7 nitrogen and oxygen atoms in total. The molecule has 1 aromatic heterocycles. The number of carbonyl (C=O) groups is 1. The number of pyridine rings is 1. The van der Waals surface area contributed by atoms with Crippen LogP contribution in [0.15, 0.2) is 60.9 Å². The lowest BCUT2D eigenvalue weighted by Gasteiger charge is -2.13. The molecule has 0 unspecified atom stereocenters. The Morgan fingerprint density at radius 1 is 0.871 bits per heavy atom. The fourth-order valence-electron chi connectivity index (χ4n) is 3.03. The Labute approximate surface area is 181 Å². The summed E-state index contributed by atoms with van der Waals surface area (Å²) in [5.74, 6) is 2.34. The molecule has 1 amide bonds. The van der Waals surface area contributed by atoms with E-state index in [4.69, 9.17) is 18.9 Å². The van der Waals surface area contributed by atoms with Gasteiger partial charge in [-0.3, -0.25) is 9.78 Å². The van der Waals surface area contributed by atoms with Crippen molar-refractivity contribution in [1.29, 1.82) is 0 Å². The number of methoxy groups -OCH3 is 3. The smallest absolute Gasteiger partial charge is 0.224 e. The first-order valence-corrected chi connectivity index (χ1v) is 9.83. The highest BCUT2D eigenvalue weighted by molar-refractivity contribution is 5.91. The topological polar surface area (TPSA) is 78.9 Å². The second kappa shape index (κ2) is 10.9. The Morgan fingerprint density at radius 2 is 1.61 bits per heavy atom. The second-order valence-electron chi connectivity index (χ2n) is 6.75. The van der Waals surface area contributed by atoms with Crippen molar-refractivity contribution in [2.75, 3.05) is 26.6 Å². The van der Waals surface area contributed by atoms with Gasteiger partial charge in [-0.25, -0.2) is 0 Å². The van der Waals surface area contributed by atoms with E-state index in [0.29, 0.717) is 48.1 Å². The zero-order valence-corrected chi connectivity index (χ0v) is 17.9. The second-order valence-corrected chi connectivity index (χ2v) is 6.75.